The van der Waals surface area contributed by atoms with Gasteiger partial charge in [0.15, 0.2) is 0 Å². The SMILES string of the molecule is O=C(O)c1cccnc1CCc1ccccc1F. The van der Waals surface area contributed by atoms with Crippen molar-refractivity contribution < 1.29 is 14.3 Å². The number of nitrogens with zero attached hydrogens (tertiary/aromatic N) is 1. The molecule has 2 rings (SSSR count). The van der Waals surface area contributed by atoms with Gasteiger partial charge in [0.25, 0.3) is 0 Å². The summed E-state index contributed by atoms with van der Waals surface area (Å²) in [5.74, 6) is -1.28. The van der Waals surface area contributed by atoms with Gasteiger partial charge in [0.05, 0.1) is 11.3 Å². The van der Waals surface area contributed by atoms with Gasteiger partial charge >= 0.3 is 5.97 Å². The Labute approximate surface area is 104 Å². The molecule has 0 spiro atoms. The zero-order valence-electron chi connectivity index (χ0n) is 9.64. The van der Waals surface area contributed by atoms with Crippen LogP contribution in [0.25, 0.3) is 0 Å². The molecule has 4 heteroatoms. The van der Waals surface area contributed by atoms with E-state index in [0.717, 1.165) is 0 Å². The Hall–Kier alpha value is -2.23. The van der Waals surface area contributed by atoms with Gasteiger partial charge in [0.2, 0.25) is 0 Å². The summed E-state index contributed by atoms with van der Waals surface area (Å²) < 4.78 is 13.4. The highest BCUT2D eigenvalue weighted by molar-refractivity contribution is 5.88. The van der Waals surface area contributed by atoms with Crippen LogP contribution < -0.4 is 0 Å². The largest absolute Gasteiger partial charge is 0.478 e. The lowest BCUT2D eigenvalue weighted by Gasteiger charge is -2.05. The molecule has 0 saturated carbocycles. The molecule has 0 aliphatic carbocycles. The van der Waals surface area contributed by atoms with Gasteiger partial charge in [-0.2, -0.15) is 0 Å². The van der Waals surface area contributed by atoms with Gasteiger partial charge in [-0.25, -0.2) is 9.18 Å². The fraction of sp³-hybridized carbons (Fsp3) is 0.143. The maximum absolute atomic E-state index is 13.4. The van der Waals surface area contributed by atoms with E-state index in [1.807, 2.05) is 0 Å². The quantitative estimate of drug-likeness (QED) is 0.901. The smallest absolute Gasteiger partial charge is 0.337 e. The number of benzene rings is 1. The van der Waals surface area contributed by atoms with Crippen molar-refractivity contribution in [3.8, 4) is 0 Å². The molecule has 0 radical (unpaired) electrons. The third kappa shape index (κ3) is 2.71. The predicted octanol–water partition coefficient (Wildman–Crippen LogP) is 2.70. The molecule has 0 fully saturated rings. The molecule has 0 bridgehead atoms. The topological polar surface area (TPSA) is 50.2 Å². The van der Waals surface area contributed by atoms with Gasteiger partial charge in [-0.3, -0.25) is 4.98 Å². The third-order valence-electron chi connectivity index (χ3n) is 2.71. The maximum Gasteiger partial charge on any atom is 0.337 e. The molecule has 1 aromatic heterocycles. The molecule has 1 aromatic carbocycles. The monoisotopic (exact) mass is 245 g/mol. The Kier molecular flexibility index (Phi) is 3.67. The van der Waals surface area contributed by atoms with Crippen LogP contribution in [-0.4, -0.2) is 16.1 Å². The van der Waals surface area contributed by atoms with Crippen LogP contribution in [0.1, 0.15) is 21.6 Å². The number of aryl methyl sites for hydroxylation is 2. The second-order valence-corrected chi connectivity index (χ2v) is 3.89. The Morgan fingerprint density at radius 2 is 1.94 bits per heavy atom. The van der Waals surface area contributed by atoms with Crippen molar-refractivity contribution in [1.29, 1.82) is 0 Å². The molecule has 0 aliphatic rings. The van der Waals surface area contributed by atoms with Crippen LogP contribution in [0, 0.1) is 5.82 Å². The molecule has 3 nitrogen and oxygen atoms in total. The molecule has 92 valence electrons. The first-order valence-corrected chi connectivity index (χ1v) is 5.59. The van der Waals surface area contributed by atoms with Gasteiger partial charge in [0, 0.05) is 6.20 Å². The van der Waals surface area contributed by atoms with Crippen LogP contribution in [0.15, 0.2) is 42.6 Å². The fourth-order valence-corrected chi connectivity index (χ4v) is 1.79. The number of carbonyl (C=O) groups is 1. The highest BCUT2D eigenvalue weighted by atomic mass is 19.1. The number of hydrogen-bond acceptors (Lipinski definition) is 2. The van der Waals surface area contributed by atoms with E-state index in [-0.39, 0.29) is 11.4 Å². The number of halogens is 1. The van der Waals surface area contributed by atoms with E-state index in [1.165, 1.54) is 12.1 Å². The lowest BCUT2D eigenvalue weighted by atomic mass is 10.0. The second kappa shape index (κ2) is 5.40. The van der Waals surface area contributed by atoms with Crippen molar-refractivity contribution in [3.05, 3.63) is 65.2 Å². The first-order valence-electron chi connectivity index (χ1n) is 5.59. The van der Waals surface area contributed by atoms with Gasteiger partial charge in [-0.15, -0.1) is 0 Å². The molecule has 0 unspecified atom stereocenters. The van der Waals surface area contributed by atoms with Crippen molar-refractivity contribution in [2.24, 2.45) is 0 Å². The van der Waals surface area contributed by atoms with Crippen LogP contribution in [0.5, 0.6) is 0 Å². The van der Waals surface area contributed by atoms with Crippen molar-refractivity contribution >= 4 is 5.97 Å². The molecule has 1 heterocycles. The maximum atomic E-state index is 13.4. The Morgan fingerprint density at radius 1 is 1.17 bits per heavy atom. The summed E-state index contributed by atoms with van der Waals surface area (Å²) in [6.07, 6.45) is 2.39. The van der Waals surface area contributed by atoms with E-state index in [2.05, 4.69) is 4.98 Å². The number of hydrogen-bond donors (Lipinski definition) is 1. The summed E-state index contributed by atoms with van der Waals surface area (Å²) in [6, 6.07) is 9.56. The van der Waals surface area contributed by atoms with E-state index in [9.17, 15) is 9.18 Å². The molecule has 0 aliphatic heterocycles. The molecule has 0 amide bonds. The van der Waals surface area contributed by atoms with Crippen molar-refractivity contribution in [1.82, 2.24) is 4.98 Å². The van der Waals surface area contributed by atoms with Gasteiger partial charge in [0.1, 0.15) is 5.82 Å². The van der Waals surface area contributed by atoms with E-state index in [1.54, 1.807) is 30.5 Å². The number of pyridine rings is 1. The number of carboxylic acids is 1. The van der Waals surface area contributed by atoms with Crippen LogP contribution in [0.3, 0.4) is 0 Å². The van der Waals surface area contributed by atoms with Crippen molar-refractivity contribution in [2.45, 2.75) is 12.8 Å². The number of aromatic nitrogens is 1. The summed E-state index contributed by atoms with van der Waals surface area (Å²) in [7, 11) is 0. The average Bonchev–Trinajstić information content (AvgIpc) is 2.38. The van der Waals surface area contributed by atoms with Crippen LogP contribution >= 0.6 is 0 Å². The standard InChI is InChI=1S/C14H12FNO2/c15-12-6-2-1-4-10(12)7-8-13-11(14(17)18)5-3-9-16-13/h1-6,9H,7-8H2,(H,17,18). The van der Waals surface area contributed by atoms with E-state index >= 15 is 0 Å². The van der Waals surface area contributed by atoms with Crippen LogP contribution in [0.4, 0.5) is 4.39 Å². The highest BCUT2D eigenvalue weighted by Crippen LogP contribution is 2.12. The minimum Gasteiger partial charge on any atom is -0.478 e. The zero-order chi connectivity index (χ0) is 13.0. The minimum absolute atomic E-state index is 0.175. The Balaban J connectivity index is 2.16. The predicted molar refractivity (Wildman–Crippen MR) is 65.0 cm³/mol. The number of carboxylic acid groups (broad SMARTS) is 1. The lowest BCUT2D eigenvalue weighted by Crippen LogP contribution is -2.06. The summed E-state index contributed by atoms with van der Waals surface area (Å²) in [4.78, 5) is 15.0. The Bertz CT molecular complexity index is 569. The highest BCUT2D eigenvalue weighted by Gasteiger charge is 2.11. The van der Waals surface area contributed by atoms with Gasteiger partial charge < -0.3 is 5.11 Å². The second-order valence-electron chi connectivity index (χ2n) is 3.89. The van der Waals surface area contributed by atoms with E-state index < -0.39 is 5.97 Å². The zero-order valence-corrected chi connectivity index (χ0v) is 9.64. The Morgan fingerprint density at radius 3 is 2.67 bits per heavy atom. The molecule has 2 aromatic rings. The lowest BCUT2D eigenvalue weighted by molar-refractivity contribution is 0.0695. The number of rotatable bonds is 4. The van der Waals surface area contributed by atoms with Gasteiger partial charge in [-0.1, -0.05) is 18.2 Å². The molecule has 18 heavy (non-hydrogen) atoms. The van der Waals surface area contributed by atoms with Crippen LogP contribution in [0.2, 0.25) is 0 Å². The first-order chi connectivity index (χ1) is 8.68. The van der Waals surface area contributed by atoms with E-state index in [4.69, 9.17) is 5.11 Å². The fourth-order valence-electron chi connectivity index (χ4n) is 1.79. The molecular weight excluding hydrogens is 233 g/mol. The molecule has 1 N–H and O–H groups in total. The average molecular weight is 245 g/mol. The first kappa shape index (κ1) is 12.2. The van der Waals surface area contributed by atoms with E-state index in [0.29, 0.717) is 24.1 Å². The summed E-state index contributed by atoms with van der Waals surface area (Å²) in [6.45, 7) is 0. The van der Waals surface area contributed by atoms with Crippen LogP contribution in [-0.2, 0) is 12.8 Å². The van der Waals surface area contributed by atoms with Gasteiger partial charge in [-0.05, 0) is 36.6 Å². The third-order valence-corrected chi connectivity index (χ3v) is 2.71. The minimum atomic E-state index is -1.01. The summed E-state index contributed by atoms with van der Waals surface area (Å²) in [5.41, 5.74) is 1.22. The normalized spacial score (nSPS) is 10.3. The number of aromatic carboxylic acids is 1. The molecule has 0 saturated heterocycles. The molecular formula is C14H12FNO2. The molecule has 0 atom stereocenters. The van der Waals surface area contributed by atoms with Crippen molar-refractivity contribution in [3.63, 3.8) is 0 Å². The van der Waals surface area contributed by atoms with Crippen molar-refractivity contribution in [2.75, 3.05) is 0 Å². The summed E-state index contributed by atoms with van der Waals surface area (Å²) in [5, 5.41) is 9.00. The summed E-state index contributed by atoms with van der Waals surface area (Å²) >= 11 is 0.